The van der Waals surface area contributed by atoms with E-state index in [0.717, 1.165) is 15.6 Å². The van der Waals surface area contributed by atoms with Crippen molar-refractivity contribution in [2.24, 2.45) is 0 Å². The van der Waals surface area contributed by atoms with Gasteiger partial charge in [-0.2, -0.15) is 0 Å². The van der Waals surface area contributed by atoms with Gasteiger partial charge in [-0.25, -0.2) is 0 Å². The van der Waals surface area contributed by atoms with Crippen LogP contribution in [0.2, 0.25) is 0 Å². The molecule has 2 aliphatic heterocycles. The van der Waals surface area contributed by atoms with Gasteiger partial charge in [-0.1, -0.05) is 12.1 Å². The number of ether oxygens (including phenoxy) is 3. The van der Waals surface area contributed by atoms with Gasteiger partial charge in [0, 0.05) is 37.3 Å². The van der Waals surface area contributed by atoms with Gasteiger partial charge in [0.2, 0.25) is 24.2 Å². The highest BCUT2D eigenvalue weighted by Crippen LogP contribution is 2.51. The Morgan fingerprint density at radius 2 is 2.00 bits per heavy atom. The highest BCUT2D eigenvalue weighted by Gasteiger charge is 2.31. The third-order valence-electron chi connectivity index (χ3n) is 5.12. The molecule has 2 aliphatic rings. The van der Waals surface area contributed by atoms with E-state index in [0.29, 0.717) is 47.2 Å². The van der Waals surface area contributed by atoms with Crippen molar-refractivity contribution in [3.05, 3.63) is 51.1 Å². The molecule has 7 nitrogen and oxygen atoms in total. The number of benzene rings is 2. The molecule has 0 spiro atoms. The van der Waals surface area contributed by atoms with Crippen molar-refractivity contribution >= 4 is 39.4 Å². The molecule has 0 saturated carbocycles. The summed E-state index contributed by atoms with van der Waals surface area (Å²) in [5, 5.41) is 2.72. The van der Waals surface area contributed by atoms with Gasteiger partial charge in [-0.15, -0.1) is 0 Å². The Kier molecular flexibility index (Phi) is 5.42. The number of hydrogen-bond donors (Lipinski definition) is 1. The maximum Gasteiger partial charge on any atom is 0.231 e. The van der Waals surface area contributed by atoms with Crippen LogP contribution in [0.5, 0.6) is 17.2 Å². The van der Waals surface area contributed by atoms with Gasteiger partial charge in [0.25, 0.3) is 0 Å². The highest BCUT2D eigenvalue weighted by atomic mass is 79.9. The zero-order chi connectivity index (χ0) is 21.4. The average Bonchev–Trinajstić information content (AvgIpc) is 3.13. The number of fused-ring (bicyclic) bond motifs is 2. The van der Waals surface area contributed by atoms with E-state index < -0.39 is 0 Å². The van der Waals surface area contributed by atoms with Crippen LogP contribution in [0.15, 0.2) is 34.4 Å². The number of likely N-dealkylation sites (N-methyl/N-ethyl adjacent to an activating group) is 1. The molecule has 30 heavy (non-hydrogen) atoms. The highest BCUT2D eigenvalue weighted by molar-refractivity contribution is 9.10. The Labute approximate surface area is 182 Å². The number of halogens is 1. The van der Waals surface area contributed by atoms with E-state index in [2.05, 4.69) is 21.2 Å². The lowest BCUT2D eigenvalue weighted by Gasteiger charge is -2.20. The molecule has 0 bridgehead atoms. The van der Waals surface area contributed by atoms with Crippen molar-refractivity contribution < 1.29 is 23.8 Å². The summed E-state index contributed by atoms with van der Waals surface area (Å²) in [7, 11) is 3.46. The molecular formula is C22H21BrN2O5. The number of rotatable bonds is 4. The number of nitrogens with one attached hydrogen (secondary N) is 1. The Bertz CT molecular complexity index is 1080. The number of hydrogen-bond acceptors (Lipinski definition) is 6. The minimum Gasteiger partial charge on any atom is -0.492 e. The fourth-order valence-electron chi connectivity index (χ4n) is 3.70. The number of ketones is 1. The fourth-order valence-corrected chi connectivity index (χ4v) is 4.41. The lowest BCUT2D eigenvalue weighted by molar-refractivity contribution is -0.114. The van der Waals surface area contributed by atoms with Crippen LogP contribution in [0.3, 0.4) is 0 Å². The third-order valence-corrected chi connectivity index (χ3v) is 5.96. The van der Waals surface area contributed by atoms with Crippen molar-refractivity contribution in [3.8, 4) is 17.2 Å². The van der Waals surface area contributed by atoms with Gasteiger partial charge in [0.15, 0.2) is 11.5 Å². The molecule has 4 rings (SSSR count). The van der Waals surface area contributed by atoms with E-state index in [9.17, 15) is 9.59 Å². The summed E-state index contributed by atoms with van der Waals surface area (Å²) in [5.74, 6) is 1.37. The standard InChI is InChI=1S/C22H21BrN2O5/c1-12(26)24-14-6-4-5-13(9-14)19(27)17-10-16-15(7-8-25(17)2)18(23)21-22(20(16)28-3)30-11-29-21/h4-6,9-10H,7-8,11H2,1-3H3,(H,24,26). The number of Topliss-reactive ketones (excluding diaryl/α,β-unsaturated/α-hetero) is 1. The first-order valence-corrected chi connectivity index (χ1v) is 10.2. The molecule has 2 aromatic carbocycles. The maximum absolute atomic E-state index is 13.4. The lowest BCUT2D eigenvalue weighted by atomic mass is 10.0. The van der Waals surface area contributed by atoms with E-state index in [1.807, 2.05) is 18.0 Å². The van der Waals surface area contributed by atoms with Gasteiger partial charge in [0.1, 0.15) is 0 Å². The summed E-state index contributed by atoms with van der Waals surface area (Å²) < 4.78 is 17.7. The molecule has 0 radical (unpaired) electrons. The first-order chi connectivity index (χ1) is 14.4. The van der Waals surface area contributed by atoms with Crippen LogP contribution in [0, 0.1) is 0 Å². The van der Waals surface area contributed by atoms with E-state index in [1.165, 1.54) is 6.92 Å². The summed E-state index contributed by atoms with van der Waals surface area (Å²) >= 11 is 3.64. The van der Waals surface area contributed by atoms with Crippen LogP contribution in [0.4, 0.5) is 5.69 Å². The molecule has 0 unspecified atom stereocenters. The predicted molar refractivity (Wildman–Crippen MR) is 116 cm³/mol. The number of nitrogens with zero attached hydrogens (tertiary/aromatic N) is 1. The molecule has 0 atom stereocenters. The summed E-state index contributed by atoms with van der Waals surface area (Å²) in [5.41, 5.74) is 3.38. The van der Waals surface area contributed by atoms with E-state index in [-0.39, 0.29) is 18.5 Å². The zero-order valence-electron chi connectivity index (χ0n) is 16.9. The predicted octanol–water partition coefficient (Wildman–Crippen LogP) is 3.86. The first-order valence-electron chi connectivity index (χ1n) is 9.43. The van der Waals surface area contributed by atoms with Crippen LogP contribution in [-0.2, 0) is 11.2 Å². The molecule has 0 saturated heterocycles. The topological polar surface area (TPSA) is 77.1 Å². The molecule has 1 amide bonds. The minimum atomic E-state index is -0.190. The number of allylic oxidation sites excluding steroid dienone is 1. The number of carbonyl (C=O) groups excluding carboxylic acids is 2. The second kappa shape index (κ2) is 8.02. The Balaban J connectivity index is 1.82. The summed E-state index contributed by atoms with van der Waals surface area (Å²) in [4.78, 5) is 26.7. The molecule has 0 fully saturated rings. The van der Waals surface area contributed by atoms with Gasteiger partial charge >= 0.3 is 0 Å². The van der Waals surface area contributed by atoms with Gasteiger partial charge < -0.3 is 24.4 Å². The van der Waals surface area contributed by atoms with E-state index in [4.69, 9.17) is 14.2 Å². The lowest BCUT2D eigenvalue weighted by Crippen LogP contribution is -2.24. The average molecular weight is 473 g/mol. The van der Waals surface area contributed by atoms with E-state index >= 15 is 0 Å². The normalized spacial score (nSPS) is 14.5. The summed E-state index contributed by atoms with van der Waals surface area (Å²) in [6.07, 6.45) is 2.53. The number of amides is 1. The monoisotopic (exact) mass is 472 g/mol. The maximum atomic E-state index is 13.4. The van der Waals surface area contributed by atoms with Crippen molar-refractivity contribution in [2.45, 2.75) is 13.3 Å². The Morgan fingerprint density at radius 1 is 1.23 bits per heavy atom. The first kappa shape index (κ1) is 20.3. The summed E-state index contributed by atoms with van der Waals surface area (Å²) in [6.45, 7) is 2.19. The number of anilines is 1. The molecule has 0 aromatic heterocycles. The zero-order valence-corrected chi connectivity index (χ0v) is 18.5. The molecule has 2 heterocycles. The Hall–Kier alpha value is -3.00. The van der Waals surface area contributed by atoms with Crippen molar-refractivity contribution in [3.63, 3.8) is 0 Å². The fraction of sp³-hybridized carbons (Fsp3) is 0.273. The molecule has 0 aliphatic carbocycles. The third kappa shape index (κ3) is 3.52. The van der Waals surface area contributed by atoms with Crippen LogP contribution in [-0.4, -0.2) is 44.1 Å². The molecular weight excluding hydrogens is 452 g/mol. The largest absolute Gasteiger partial charge is 0.492 e. The molecule has 156 valence electrons. The van der Waals surface area contributed by atoms with E-state index in [1.54, 1.807) is 31.4 Å². The second-order valence-electron chi connectivity index (χ2n) is 7.10. The summed E-state index contributed by atoms with van der Waals surface area (Å²) in [6, 6.07) is 6.91. The van der Waals surface area contributed by atoms with Gasteiger partial charge in [-0.05, 0) is 46.1 Å². The van der Waals surface area contributed by atoms with Crippen molar-refractivity contribution in [2.75, 3.05) is 32.8 Å². The second-order valence-corrected chi connectivity index (χ2v) is 7.89. The molecule has 2 aromatic rings. The SMILES string of the molecule is COc1c2c(c(Br)c3c1OCO3)CCN(C)C(C(=O)c1cccc(NC(C)=O)c1)=C2. The van der Waals surface area contributed by atoms with Crippen LogP contribution in [0.25, 0.3) is 6.08 Å². The van der Waals surface area contributed by atoms with Gasteiger partial charge in [-0.3, -0.25) is 9.59 Å². The number of carbonyl (C=O) groups is 2. The number of methoxy groups -OCH3 is 1. The van der Waals surface area contributed by atoms with Crippen LogP contribution < -0.4 is 19.5 Å². The quantitative estimate of drug-likeness (QED) is 0.680. The van der Waals surface area contributed by atoms with Crippen molar-refractivity contribution in [1.29, 1.82) is 0 Å². The molecule has 8 heteroatoms. The Morgan fingerprint density at radius 3 is 2.73 bits per heavy atom. The molecule has 1 N–H and O–H groups in total. The van der Waals surface area contributed by atoms with Crippen LogP contribution >= 0.6 is 15.9 Å². The smallest absolute Gasteiger partial charge is 0.231 e. The minimum absolute atomic E-state index is 0.124. The van der Waals surface area contributed by atoms with Gasteiger partial charge in [0.05, 0.1) is 17.3 Å². The van der Waals surface area contributed by atoms with Crippen molar-refractivity contribution in [1.82, 2.24) is 4.90 Å². The van der Waals surface area contributed by atoms with Crippen LogP contribution in [0.1, 0.15) is 28.4 Å².